The standard InChI is InChI=1S/C7H15N3O2S.C2H4O2/c1-13-7(9)10-4-2-3-5(8)6(11)12;1-2(3)4/h5H,2-4,8H2,1H3,(H2,9,10)(H,11,12);1H3,(H,3,4). The van der Waals surface area contributed by atoms with Crippen molar-refractivity contribution in [3.63, 3.8) is 0 Å². The van der Waals surface area contributed by atoms with Crippen LogP contribution in [0.3, 0.4) is 0 Å². The minimum Gasteiger partial charge on any atom is -0.481 e. The van der Waals surface area contributed by atoms with Gasteiger partial charge in [-0.25, -0.2) is 0 Å². The summed E-state index contributed by atoms with van der Waals surface area (Å²) >= 11 is 1.37. The molecule has 0 aliphatic carbocycles. The molecule has 1 atom stereocenters. The Labute approximate surface area is 104 Å². The lowest BCUT2D eigenvalue weighted by Crippen LogP contribution is -2.30. The molecule has 0 rings (SSSR count). The van der Waals surface area contributed by atoms with Crippen molar-refractivity contribution in [2.45, 2.75) is 25.8 Å². The molecular weight excluding hydrogens is 246 g/mol. The van der Waals surface area contributed by atoms with Crippen LogP contribution in [0.25, 0.3) is 0 Å². The van der Waals surface area contributed by atoms with Gasteiger partial charge in [-0.05, 0) is 19.1 Å². The summed E-state index contributed by atoms with van der Waals surface area (Å²) in [5.74, 6) is -1.80. The SMILES string of the molecule is CC(=O)O.CSC(N)=NCCCC(N)C(=O)O. The molecule has 6 N–H and O–H groups in total. The maximum Gasteiger partial charge on any atom is 0.320 e. The molecule has 0 bridgehead atoms. The van der Waals surface area contributed by atoms with Crippen molar-refractivity contribution in [2.24, 2.45) is 16.5 Å². The van der Waals surface area contributed by atoms with Crippen molar-refractivity contribution < 1.29 is 19.8 Å². The lowest BCUT2D eigenvalue weighted by atomic mass is 10.2. The molecule has 1 unspecified atom stereocenters. The highest BCUT2D eigenvalue weighted by Gasteiger charge is 2.09. The quantitative estimate of drug-likeness (QED) is 0.310. The van der Waals surface area contributed by atoms with Crippen molar-refractivity contribution in [3.05, 3.63) is 0 Å². The molecule has 0 aliphatic rings. The van der Waals surface area contributed by atoms with Crippen LogP contribution in [0.15, 0.2) is 4.99 Å². The second-order valence-corrected chi connectivity index (χ2v) is 3.86. The zero-order chi connectivity index (χ0) is 13.8. The number of carbonyl (C=O) groups is 2. The molecular formula is C9H19N3O4S. The molecule has 0 fully saturated rings. The predicted octanol–water partition coefficient (Wildman–Crippen LogP) is -0.0529. The van der Waals surface area contributed by atoms with Gasteiger partial charge in [-0.3, -0.25) is 14.6 Å². The first-order valence-corrected chi connectivity index (χ1v) is 6.05. The van der Waals surface area contributed by atoms with Gasteiger partial charge in [0.25, 0.3) is 5.97 Å². The average Bonchev–Trinajstić information content (AvgIpc) is 2.22. The molecule has 0 aromatic rings. The molecule has 0 spiro atoms. The maximum absolute atomic E-state index is 10.3. The fourth-order valence-electron chi connectivity index (χ4n) is 0.688. The van der Waals surface area contributed by atoms with Crippen LogP contribution < -0.4 is 11.5 Å². The fraction of sp³-hybridized carbons (Fsp3) is 0.667. The van der Waals surface area contributed by atoms with Gasteiger partial charge in [0, 0.05) is 13.5 Å². The number of hydrogen-bond donors (Lipinski definition) is 4. The molecule has 0 saturated carbocycles. The second-order valence-electron chi connectivity index (χ2n) is 3.03. The van der Waals surface area contributed by atoms with Gasteiger partial charge >= 0.3 is 5.97 Å². The first kappa shape index (κ1) is 18.1. The van der Waals surface area contributed by atoms with Crippen molar-refractivity contribution in [1.29, 1.82) is 0 Å². The summed E-state index contributed by atoms with van der Waals surface area (Å²) in [6.45, 7) is 1.62. The van der Waals surface area contributed by atoms with E-state index in [9.17, 15) is 4.79 Å². The monoisotopic (exact) mass is 265 g/mol. The van der Waals surface area contributed by atoms with Crippen LogP contribution in [0.1, 0.15) is 19.8 Å². The van der Waals surface area contributed by atoms with Gasteiger partial charge < -0.3 is 21.7 Å². The van der Waals surface area contributed by atoms with Crippen LogP contribution in [-0.4, -0.2) is 46.2 Å². The molecule has 100 valence electrons. The van der Waals surface area contributed by atoms with Crippen LogP contribution in [-0.2, 0) is 9.59 Å². The summed E-state index contributed by atoms with van der Waals surface area (Å²) in [7, 11) is 0. The van der Waals surface area contributed by atoms with Crippen molar-refractivity contribution >= 4 is 28.9 Å². The molecule has 0 aliphatic heterocycles. The smallest absolute Gasteiger partial charge is 0.320 e. The van der Waals surface area contributed by atoms with E-state index in [2.05, 4.69) is 4.99 Å². The molecule has 7 nitrogen and oxygen atoms in total. The predicted molar refractivity (Wildman–Crippen MR) is 68.2 cm³/mol. The number of amidine groups is 1. The summed E-state index contributed by atoms with van der Waals surface area (Å²) < 4.78 is 0. The van der Waals surface area contributed by atoms with E-state index in [0.717, 1.165) is 6.92 Å². The zero-order valence-corrected chi connectivity index (χ0v) is 10.7. The average molecular weight is 265 g/mol. The molecule has 17 heavy (non-hydrogen) atoms. The van der Waals surface area contributed by atoms with E-state index in [-0.39, 0.29) is 0 Å². The number of nitrogens with two attached hydrogens (primary N) is 2. The van der Waals surface area contributed by atoms with Gasteiger partial charge in [-0.15, -0.1) is 0 Å². The summed E-state index contributed by atoms with van der Waals surface area (Å²) in [6.07, 6.45) is 2.91. The van der Waals surface area contributed by atoms with Gasteiger partial charge in [-0.2, -0.15) is 0 Å². The zero-order valence-electron chi connectivity index (χ0n) is 9.92. The van der Waals surface area contributed by atoms with Crippen LogP contribution in [0.2, 0.25) is 0 Å². The summed E-state index contributed by atoms with van der Waals surface area (Å²) in [5.41, 5.74) is 10.7. The normalized spacial score (nSPS) is 12.3. The molecule has 0 amide bonds. The third kappa shape index (κ3) is 17.3. The Morgan fingerprint density at radius 1 is 1.41 bits per heavy atom. The van der Waals surface area contributed by atoms with E-state index < -0.39 is 18.0 Å². The third-order valence-electron chi connectivity index (χ3n) is 1.47. The number of aliphatic carboxylic acids is 2. The van der Waals surface area contributed by atoms with Crippen molar-refractivity contribution in [1.82, 2.24) is 0 Å². The first-order chi connectivity index (χ1) is 7.81. The molecule has 8 heteroatoms. The van der Waals surface area contributed by atoms with Crippen LogP contribution in [0, 0.1) is 0 Å². The molecule has 0 saturated heterocycles. The highest BCUT2D eigenvalue weighted by Crippen LogP contribution is 1.97. The van der Waals surface area contributed by atoms with E-state index in [4.69, 9.17) is 26.5 Å². The fourth-order valence-corrected chi connectivity index (χ4v) is 0.909. The number of thioether (sulfide) groups is 1. The second kappa shape index (κ2) is 11.2. The third-order valence-corrected chi connectivity index (χ3v) is 2.01. The van der Waals surface area contributed by atoms with Crippen molar-refractivity contribution in [3.8, 4) is 0 Å². The van der Waals surface area contributed by atoms with Gasteiger partial charge in [0.2, 0.25) is 0 Å². The Balaban J connectivity index is 0. The number of carboxylic acids is 2. The summed E-state index contributed by atoms with van der Waals surface area (Å²) in [6, 6.07) is -0.786. The van der Waals surface area contributed by atoms with E-state index in [1.165, 1.54) is 11.8 Å². The van der Waals surface area contributed by atoms with E-state index in [0.29, 0.717) is 24.6 Å². The Morgan fingerprint density at radius 2 is 1.88 bits per heavy atom. The van der Waals surface area contributed by atoms with Gasteiger partial charge in [0.1, 0.15) is 6.04 Å². The van der Waals surface area contributed by atoms with Gasteiger partial charge in [-0.1, -0.05) is 11.8 Å². The number of carboxylic acid groups (broad SMARTS) is 2. The number of hydrogen-bond acceptors (Lipinski definition) is 5. The summed E-state index contributed by atoms with van der Waals surface area (Å²) in [5, 5.41) is 16.4. The van der Waals surface area contributed by atoms with Crippen LogP contribution >= 0.6 is 11.8 Å². The van der Waals surface area contributed by atoms with E-state index in [1.54, 1.807) is 0 Å². The minimum atomic E-state index is -0.971. The number of rotatable bonds is 5. The Morgan fingerprint density at radius 3 is 2.24 bits per heavy atom. The molecule has 0 heterocycles. The molecule has 0 aromatic carbocycles. The maximum atomic E-state index is 10.3. The van der Waals surface area contributed by atoms with Crippen LogP contribution in [0.5, 0.6) is 0 Å². The highest BCUT2D eigenvalue weighted by atomic mass is 32.2. The number of nitrogens with zero attached hydrogens (tertiary/aromatic N) is 1. The largest absolute Gasteiger partial charge is 0.481 e. The van der Waals surface area contributed by atoms with E-state index >= 15 is 0 Å². The van der Waals surface area contributed by atoms with Gasteiger partial charge in [0.15, 0.2) is 5.17 Å². The first-order valence-electron chi connectivity index (χ1n) is 4.83. The Bertz CT molecular complexity index is 267. The highest BCUT2D eigenvalue weighted by molar-refractivity contribution is 8.13. The van der Waals surface area contributed by atoms with Crippen molar-refractivity contribution in [2.75, 3.05) is 12.8 Å². The van der Waals surface area contributed by atoms with Crippen LogP contribution in [0.4, 0.5) is 0 Å². The topological polar surface area (TPSA) is 139 Å². The van der Waals surface area contributed by atoms with Gasteiger partial charge in [0.05, 0.1) is 0 Å². The number of aliphatic imine (C=N–C) groups is 1. The Kier molecular flexibility index (Phi) is 11.9. The minimum absolute atomic E-state index is 0.431. The lowest BCUT2D eigenvalue weighted by Gasteiger charge is -2.03. The van der Waals surface area contributed by atoms with E-state index in [1.807, 2.05) is 6.26 Å². The molecule has 0 radical (unpaired) electrons. The Hall–Kier alpha value is -1.28. The lowest BCUT2D eigenvalue weighted by molar-refractivity contribution is -0.138. The summed E-state index contributed by atoms with van der Waals surface area (Å²) in [4.78, 5) is 23.3. The molecule has 0 aromatic heterocycles.